The zero-order chi connectivity index (χ0) is 13.6. The van der Waals surface area contributed by atoms with Crippen LogP contribution >= 0.6 is 34.5 Å². The molecule has 0 unspecified atom stereocenters. The number of fused-ring (bicyclic) bond motifs is 1. The summed E-state index contributed by atoms with van der Waals surface area (Å²) in [6.45, 7) is 0. The van der Waals surface area contributed by atoms with Gasteiger partial charge in [-0.2, -0.15) is 0 Å². The minimum Gasteiger partial charge on any atom is -0.398 e. The van der Waals surface area contributed by atoms with Crippen molar-refractivity contribution >= 4 is 56.1 Å². The molecule has 0 atom stereocenters. The Labute approximate surface area is 123 Å². The van der Waals surface area contributed by atoms with Gasteiger partial charge >= 0.3 is 0 Å². The van der Waals surface area contributed by atoms with Crippen molar-refractivity contribution < 1.29 is 0 Å². The molecule has 3 rings (SSSR count). The van der Waals surface area contributed by atoms with E-state index in [4.69, 9.17) is 34.7 Å². The van der Waals surface area contributed by atoms with E-state index in [1.807, 2.05) is 12.1 Å². The van der Waals surface area contributed by atoms with Crippen LogP contribution in [0.2, 0.25) is 10.0 Å². The lowest BCUT2D eigenvalue weighted by atomic mass is 10.2. The Bertz CT molecular complexity index is 744. The molecular weight excluding hydrogens is 301 g/mol. The van der Waals surface area contributed by atoms with E-state index < -0.39 is 0 Å². The van der Waals surface area contributed by atoms with Crippen LogP contribution in [0.1, 0.15) is 0 Å². The summed E-state index contributed by atoms with van der Waals surface area (Å²) in [5.74, 6) is 0. The molecule has 0 radical (unpaired) electrons. The second-order valence-corrected chi connectivity index (χ2v) is 5.94. The lowest BCUT2D eigenvalue weighted by Crippen LogP contribution is -1.86. The molecule has 0 amide bonds. The minimum atomic E-state index is 0.514. The number of nitrogens with zero attached hydrogens (tertiary/aromatic N) is 1. The van der Waals surface area contributed by atoms with E-state index in [0.29, 0.717) is 21.4 Å². The van der Waals surface area contributed by atoms with Crippen molar-refractivity contribution in [3.05, 3.63) is 40.4 Å². The summed E-state index contributed by atoms with van der Waals surface area (Å²) in [6, 6.07) is 9.07. The minimum absolute atomic E-state index is 0.514. The van der Waals surface area contributed by atoms with Crippen LogP contribution in [-0.2, 0) is 0 Å². The quantitative estimate of drug-likeness (QED) is 0.653. The third-order valence-electron chi connectivity index (χ3n) is 2.75. The lowest BCUT2D eigenvalue weighted by molar-refractivity contribution is 1.48. The van der Waals surface area contributed by atoms with E-state index in [9.17, 15) is 0 Å². The fourth-order valence-corrected chi connectivity index (χ4v) is 3.08. The van der Waals surface area contributed by atoms with Gasteiger partial charge in [-0.15, -0.1) is 11.3 Å². The maximum absolute atomic E-state index is 6.02. The summed E-state index contributed by atoms with van der Waals surface area (Å²) in [7, 11) is 0. The van der Waals surface area contributed by atoms with E-state index in [0.717, 1.165) is 20.8 Å². The number of rotatable bonds is 1. The summed E-state index contributed by atoms with van der Waals surface area (Å²) < 4.78 is 0.991. The first-order valence-corrected chi connectivity index (χ1v) is 7.03. The predicted octanol–water partition coefficient (Wildman–Crippen LogP) is 4.43. The summed E-state index contributed by atoms with van der Waals surface area (Å²) in [5, 5.41) is 1.90. The molecule has 0 bridgehead atoms. The molecule has 0 fully saturated rings. The van der Waals surface area contributed by atoms with Crippen LogP contribution in [0.3, 0.4) is 0 Å². The number of benzene rings is 2. The van der Waals surface area contributed by atoms with Crippen molar-refractivity contribution in [3.8, 4) is 10.6 Å². The first kappa shape index (κ1) is 12.5. The van der Waals surface area contributed by atoms with Crippen molar-refractivity contribution in [1.82, 2.24) is 4.98 Å². The first-order valence-electron chi connectivity index (χ1n) is 5.45. The fraction of sp³-hybridized carbons (Fsp3) is 0. The maximum atomic E-state index is 6.02. The predicted molar refractivity (Wildman–Crippen MR) is 83.9 cm³/mol. The number of hydrogen-bond acceptors (Lipinski definition) is 4. The molecule has 0 aliphatic heterocycles. The van der Waals surface area contributed by atoms with E-state index in [2.05, 4.69) is 4.98 Å². The van der Waals surface area contributed by atoms with Gasteiger partial charge in [0.15, 0.2) is 0 Å². The number of nitrogen functional groups attached to an aromatic ring is 2. The van der Waals surface area contributed by atoms with E-state index in [1.165, 1.54) is 11.3 Å². The average molecular weight is 310 g/mol. The number of anilines is 2. The number of aromatic nitrogens is 1. The molecule has 1 aromatic heterocycles. The van der Waals surface area contributed by atoms with Crippen LogP contribution in [0.4, 0.5) is 11.4 Å². The third-order valence-corrected chi connectivity index (χ3v) is 4.48. The molecule has 0 saturated heterocycles. The molecule has 0 aliphatic carbocycles. The molecule has 0 spiro atoms. The normalized spacial score (nSPS) is 11.1. The molecule has 3 aromatic rings. The Morgan fingerprint density at radius 1 is 0.947 bits per heavy atom. The molecule has 4 N–H and O–H groups in total. The Kier molecular flexibility index (Phi) is 3.01. The fourth-order valence-electron chi connectivity index (χ4n) is 1.75. The van der Waals surface area contributed by atoms with Gasteiger partial charge in [-0.25, -0.2) is 4.98 Å². The smallest absolute Gasteiger partial charge is 0.124 e. The Balaban J connectivity index is 2.17. The lowest BCUT2D eigenvalue weighted by Gasteiger charge is -1.99. The Morgan fingerprint density at radius 3 is 2.42 bits per heavy atom. The summed E-state index contributed by atoms with van der Waals surface area (Å²) >= 11 is 13.6. The van der Waals surface area contributed by atoms with Gasteiger partial charge in [-0.05, 0) is 30.3 Å². The topological polar surface area (TPSA) is 64.9 Å². The van der Waals surface area contributed by atoms with E-state index in [-0.39, 0.29) is 0 Å². The second kappa shape index (κ2) is 4.56. The SMILES string of the molecule is Nc1ccc(-c2nc3cc(Cl)c(N)cc3s2)cc1Cl. The van der Waals surface area contributed by atoms with Gasteiger partial charge in [-0.3, -0.25) is 0 Å². The molecule has 2 aromatic carbocycles. The first-order chi connectivity index (χ1) is 9.04. The van der Waals surface area contributed by atoms with Crippen molar-refractivity contribution in [3.63, 3.8) is 0 Å². The molecular formula is C13H9Cl2N3S. The highest BCUT2D eigenvalue weighted by Gasteiger charge is 2.09. The van der Waals surface area contributed by atoms with Gasteiger partial charge in [-0.1, -0.05) is 23.2 Å². The van der Waals surface area contributed by atoms with Gasteiger partial charge in [0.2, 0.25) is 0 Å². The highest BCUT2D eigenvalue weighted by Crippen LogP contribution is 2.35. The third kappa shape index (κ3) is 2.23. The molecule has 0 aliphatic rings. The highest BCUT2D eigenvalue weighted by atomic mass is 35.5. The van der Waals surface area contributed by atoms with Crippen molar-refractivity contribution in [1.29, 1.82) is 0 Å². The number of thiazole rings is 1. The average Bonchev–Trinajstić information content (AvgIpc) is 2.76. The standard InChI is InChI=1S/C13H9Cl2N3S/c14-7-3-6(1-2-9(7)16)13-18-11-4-8(15)10(17)5-12(11)19-13/h1-5H,16-17H2. The zero-order valence-electron chi connectivity index (χ0n) is 9.65. The van der Waals surface area contributed by atoms with Gasteiger partial charge in [0.25, 0.3) is 0 Å². The van der Waals surface area contributed by atoms with Crippen LogP contribution in [-0.4, -0.2) is 4.98 Å². The second-order valence-electron chi connectivity index (χ2n) is 4.10. The van der Waals surface area contributed by atoms with Gasteiger partial charge in [0.05, 0.1) is 31.6 Å². The van der Waals surface area contributed by atoms with Gasteiger partial charge in [0, 0.05) is 5.56 Å². The van der Waals surface area contributed by atoms with Crippen LogP contribution in [0.5, 0.6) is 0 Å². The molecule has 96 valence electrons. The summed E-state index contributed by atoms with van der Waals surface area (Å²) in [5.41, 5.74) is 14.3. The summed E-state index contributed by atoms with van der Waals surface area (Å²) in [6.07, 6.45) is 0. The van der Waals surface area contributed by atoms with Gasteiger partial charge < -0.3 is 11.5 Å². The van der Waals surface area contributed by atoms with Crippen molar-refractivity contribution in [2.45, 2.75) is 0 Å². The number of halogens is 2. The van der Waals surface area contributed by atoms with Gasteiger partial charge in [0.1, 0.15) is 5.01 Å². The Hall–Kier alpha value is -1.49. The van der Waals surface area contributed by atoms with E-state index >= 15 is 0 Å². The largest absolute Gasteiger partial charge is 0.398 e. The monoisotopic (exact) mass is 309 g/mol. The van der Waals surface area contributed by atoms with Crippen LogP contribution in [0.15, 0.2) is 30.3 Å². The maximum Gasteiger partial charge on any atom is 0.124 e. The van der Waals surface area contributed by atoms with Crippen LogP contribution < -0.4 is 11.5 Å². The molecule has 0 saturated carbocycles. The van der Waals surface area contributed by atoms with E-state index in [1.54, 1.807) is 18.2 Å². The number of hydrogen-bond donors (Lipinski definition) is 2. The number of nitrogens with two attached hydrogens (primary N) is 2. The van der Waals surface area contributed by atoms with Crippen LogP contribution in [0.25, 0.3) is 20.8 Å². The highest BCUT2D eigenvalue weighted by molar-refractivity contribution is 7.21. The summed E-state index contributed by atoms with van der Waals surface area (Å²) in [4.78, 5) is 4.53. The Morgan fingerprint density at radius 2 is 1.68 bits per heavy atom. The zero-order valence-corrected chi connectivity index (χ0v) is 12.0. The molecule has 3 nitrogen and oxygen atoms in total. The van der Waals surface area contributed by atoms with Crippen molar-refractivity contribution in [2.24, 2.45) is 0 Å². The van der Waals surface area contributed by atoms with Crippen molar-refractivity contribution in [2.75, 3.05) is 11.5 Å². The molecule has 6 heteroatoms. The van der Waals surface area contributed by atoms with Crippen LogP contribution in [0, 0.1) is 0 Å². The molecule has 1 heterocycles. The molecule has 19 heavy (non-hydrogen) atoms.